The van der Waals surface area contributed by atoms with E-state index in [0.717, 1.165) is 24.2 Å². The van der Waals surface area contributed by atoms with E-state index in [2.05, 4.69) is 5.32 Å². The van der Waals surface area contributed by atoms with Crippen LogP contribution in [0.5, 0.6) is 5.75 Å². The summed E-state index contributed by atoms with van der Waals surface area (Å²) in [5.74, 6) is -0.429. The summed E-state index contributed by atoms with van der Waals surface area (Å²) in [7, 11) is 0. The van der Waals surface area contributed by atoms with Gasteiger partial charge in [-0.2, -0.15) is 0 Å². The number of amides is 1. The lowest BCUT2D eigenvalue weighted by Crippen LogP contribution is -2.14. The first-order valence-corrected chi connectivity index (χ1v) is 8.47. The molecule has 1 amide bonds. The molecule has 2 aromatic carbocycles. The Hall–Kier alpha value is -2.86. The Kier molecular flexibility index (Phi) is 5.53. The minimum absolute atomic E-state index is 0.187. The molecule has 3 rings (SSSR count). The summed E-state index contributed by atoms with van der Waals surface area (Å²) < 4.78 is 10.6. The summed E-state index contributed by atoms with van der Waals surface area (Å²) in [6.07, 6.45) is 0.974. The highest BCUT2D eigenvalue weighted by atomic mass is 16.5. The molecule has 0 radical (unpaired) electrons. The summed E-state index contributed by atoms with van der Waals surface area (Å²) in [6.45, 7) is 2.89. The van der Waals surface area contributed by atoms with Gasteiger partial charge in [-0.1, -0.05) is 12.1 Å². The van der Waals surface area contributed by atoms with E-state index >= 15 is 0 Å². The van der Waals surface area contributed by atoms with Crippen molar-refractivity contribution in [3.8, 4) is 5.75 Å². The van der Waals surface area contributed by atoms with Crippen molar-refractivity contribution in [2.24, 2.45) is 0 Å². The van der Waals surface area contributed by atoms with Crippen molar-refractivity contribution in [1.29, 1.82) is 0 Å². The number of anilines is 1. The van der Waals surface area contributed by atoms with Gasteiger partial charge >= 0.3 is 5.97 Å². The maximum absolute atomic E-state index is 12.6. The Morgan fingerprint density at radius 3 is 2.81 bits per heavy atom. The molecule has 6 heteroatoms. The third kappa shape index (κ3) is 4.40. The predicted molar refractivity (Wildman–Crippen MR) is 96.9 cm³/mol. The van der Waals surface area contributed by atoms with Crippen LogP contribution in [0.3, 0.4) is 0 Å². The zero-order chi connectivity index (χ0) is 18.5. The number of carbonyl (C=O) groups excluding carboxylic acids is 1. The lowest BCUT2D eigenvalue weighted by Gasteiger charge is -2.12. The topological polar surface area (TPSA) is 84.9 Å². The molecule has 0 aromatic heterocycles. The van der Waals surface area contributed by atoms with Crippen molar-refractivity contribution < 1.29 is 24.2 Å². The average Bonchev–Trinajstić information content (AvgIpc) is 3.17. The molecule has 1 fully saturated rings. The van der Waals surface area contributed by atoms with Crippen LogP contribution < -0.4 is 10.1 Å². The van der Waals surface area contributed by atoms with E-state index in [4.69, 9.17) is 14.6 Å². The highest BCUT2D eigenvalue weighted by Crippen LogP contribution is 2.26. The molecule has 2 aromatic rings. The van der Waals surface area contributed by atoms with Crippen molar-refractivity contribution in [1.82, 2.24) is 0 Å². The molecule has 1 unspecified atom stereocenters. The fourth-order valence-electron chi connectivity index (χ4n) is 2.94. The van der Waals surface area contributed by atoms with Crippen LogP contribution in [0.2, 0.25) is 0 Å². The molecule has 2 N–H and O–H groups in total. The number of ether oxygens (including phenoxy) is 2. The van der Waals surface area contributed by atoms with Gasteiger partial charge in [0.15, 0.2) is 6.61 Å². The van der Waals surface area contributed by atoms with Gasteiger partial charge in [0.05, 0.1) is 6.61 Å². The molecular weight excluding hydrogens is 334 g/mol. The Balaban J connectivity index is 1.69. The standard InChI is InChI=1S/C20H21NO5/c1-13-9-17(26-12-19(22)23)5-6-18(13)21-20(24)15-4-2-3-14(10-15)16-7-8-25-11-16/h2-6,9-10,16H,7-8,11-12H2,1H3,(H,21,24)(H,22,23). The van der Waals surface area contributed by atoms with Crippen molar-refractivity contribution >= 4 is 17.6 Å². The lowest BCUT2D eigenvalue weighted by atomic mass is 9.96. The van der Waals surface area contributed by atoms with Gasteiger partial charge in [0.25, 0.3) is 5.91 Å². The number of benzene rings is 2. The number of rotatable bonds is 6. The minimum atomic E-state index is -1.03. The van der Waals surface area contributed by atoms with Crippen LogP contribution in [0.25, 0.3) is 0 Å². The summed E-state index contributed by atoms with van der Waals surface area (Å²) >= 11 is 0. The number of carboxylic acids is 1. The largest absolute Gasteiger partial charge is 0.482 e. The first-order valence-electron chi connectivity index (χ1n) is 8.47. The third-order valence-electron chi connectivity index (χ3n) is 4.36. The predicted octanol–water partition coefficient (Wildman–Crippen LogP) is 3.21. The quantitative estimate of drug-likeness (QED) is 0.831. The summed E-state index contributed by atoms with van der Waals surface area (Å²) in [6, 6.07) is 12.7. The van der Waals surface area contributed by atoms with Crippen molar-refractivity contribution in [3.63, 3.8) is 0 Å². The minimum Gasteiger partial charge on any atom is -0.482 e. The molecule has 136 valence electrons. The molecule has 1 heterocycles. The van der Waals surface area contributed by atoms with E-state index < -0.39 is 12.6 Å². The Morgan fingerprint density at radius 1 is 1.27 bits per heavy atom. The van der Waals surface area contributed by atoms with E-state index in [-0.39, 0.29) is 5.91 Å². The second-order valence-corrected chi connectivity index (χ2v) is 6.30. The van der Waals surface area contributed by atoms with Crippen LogP contribution in [0.15, 0.2) is 42.5 Å². The van der Waals surface area contributed by atoms with E-state index in [9.17, 15) is 9.59 Å². The van der Waals surface area contributed by atoms with Crippen molar-refractivity contribution in [2.45, 2.75) is 19.3 Å². The van der Waals surface area contributed by atoms with Gasteiger partial charge < -0.3 is 19.9 Å². The van der Waals surface area contributed by atoms with Crippen molar-refractivity contribution in [2.75, 3.05) is 25.1 Å². The molecule has 0 aliphatic carbocycles. The number of hydrogen-bond acceptors (Lipinski definition) is 4. The summed E-state index contributed by atoms with van der Waals surface area (Å²) in [5, 5.41) is 11.5. The number of hydrogen-bond donors (Lipinski definition) is 2. The molecule has 0 bridgehead atoms. The SMILES string of the molecule is Cc1cc(OCC(=O)O)ccc1NC(=O)c1cccc(C2CCOC2)c1. The zero-order valence-electron chi connectivity index (χ0n) is 14.5. The van der Waals surface area contributed by atoms with Crippen LogP contribution in [0, 0.1) is 6.92 Å². The van der Waals surface area contributed by atoms with Gasteiger partial charge in [0.1, 0.15) is 5.75 Å². The smallest absolute Gasteiger partial charge is 0.341 e. The number of carbonyl (C=O) groups is 2. The van der Waals surface area contributed by atoms with Crippen LogP contribution >= 0.6 is 0 Å². The molecule has 6 nitrogen and oxygen atoms in total. The second kappa shape index (κ2) is 8.01. The fraction of sp³-hybridized carbons (Fsp3) is 0.300. The molecule has 1 atom stereocenters. The summed E-state index contributed by atoms with van der Waals surface area (Å²) in [5.41, 5.74) is 3.16. The Labute approximate surface area is 151 Å². The van der Waals surface area contributed by atoms with E-state index in [1.54, 1.807) is 24.3 Å². The fourth-order valence-corrected chi connectivity index (χ4v) is 2.94. The maximum atomic E-state index is 12.6. The van der Waals surface area contributed by atoms with Crippen LogP contribution in [0.4, 0.5) is 5.69 Å². The maximum Gasteiger partial charge on any atom is 0.341 e. The van der Waals surface area contributed by atoms with Crippen LogP contribution in [-0.4, -0.2) is 36.8 Å². The van der Waals surface area contributed by atoms with Gasteiger partial charge in [-0.15, -0.1) is 0 Å². The number of nitrogens with one attached hydrogen (secondary N) is 1. The molecule has 0 saturated carbocycles. The van der Waals surface area contributed by atoms with Gasteiger partial charge in [0, 0.05) is 23.8 Å². The summed E-state index contributed by atoms with van der Waals surface area (Å²) in [4.78, 5) is 23.1. The molecule has 0 spiro atoms. The first-order chi connectivity index (χ1) is 12.5. The molecule has 26 heavy (non-hydrogen) atoms. The number of carboxylic acid groups (broad SMARTS) is 1. The Bertz CT molecular complexity index is 812. The molecule has 1 aliphatic rings. The average molecular weight is 355 g/mol. The second-order valence-electron chi connectivity index (χ2n) is 6.30. The van der Waals surface area contributed by atoms with E-state index in [1.807, 2.05) is 25.1 Å². The first kappa shape index (κ1) is 17.9. The monoisotopic (exact) mass is 355 g/mol. The van der Waals surface area contributed by atoms with Crippen molar-refractivity contribution in [3.05, 3.63) is 59.2 Å². The van der Waals surface area contributed by atoms with Gasteiger partial charge in [0.2, 0.25) is 0 Å². The highest BCUT2D eigenvalue weighted by Gasteiger charge is 2.19. The third-order valence-corrected chi connectivity index (χ3v) is 4.36. The van der Waals surface area contributed by atoms with Crippen LogP contribution in [0.1, 0.15) is 33.8 Å². The van der Waals surface area contributed by atoms with Gasteiger partial charge in [-0.05, 0) is 54.8 Å². The number of aryl methyl sites for hydroxylation is 1. The van der Waals surface area contributed by atoms with Gasteiger partial charge in [-0.3, -0.25) is 4.79 Å². The normalized spacial score (nSPS) is 16.3. The highest BCUT2D eigenvalue weighted by molar-refractivity contribution is 6.04. The molecular formula is C20H21NO5. The van der Waals surface area contributed by atoms with Crippen LogP contribution in [-0.2, 0) is 9.53 Å². The molecule has 1 aliphatic heterocycles. The Morgan fingerprint density at radius 2 is 2.12 bits per heavy atom. The van der Waals surface area contributed by atoms with E-state index in [1.165, 1.54) is 0 Å². The van der Waals surface area contributed by atoms with Gasteiger partial charge in [-0.25, -0.2) is 4.79 Å². The lowest BCUT2D eigenvalue weighted by molar-refractivity contribution is -0.139. The number of aliphatic carboxylic acids is 1. The molecule has 1 saturated heterocycles. The van der Waals surface area contributed by atoms with E-state index in [0.29, 0.717) is 29.5 Å². The zero-order valence-corrected chi connectivity index (χ0v) is 14.5.